The van der Waals surface area contributed by atoms with Gasteiger partial charge in [-0.2, -0.15) is 0 Å². The Hall–Kier alpha value is -1.62. The molecular weight excluding hydrogens is 244 g/mol. The number of carbonyl (C=O) groups is 2. The maximum Gasteiger partial charge on any atom is 0.272 e. The van der Waals surface area contributed by atoms with Crippen LogP contribution < -0.4 is 9.96 Å². The summed E-state index contributed by atoms with van der Waals surface area (Å²) in [5, 5.41) is 0. The monoisotopic (exact) mass is 266 g/mol. The zero-order valence-corrected chi connectivity index (χ0v) is 12.1. The predicted molar refractivity (Wildman–Crippen MR) is 77.1 cm³/mol. The van der Waals surface area contributed by atoms with Gasteiger partial charge >= 0.3 is 0 Å². The molecule has 0 spiro atoms. The average molecular weight is 266 g/mol. The SMILES string of the molecule is C=CCCC(=O)N[SiH](C=CC)NC(=O)CCC=C. The van der Waals surface area contributed by atoms with E-state index in [0.717, 1.165) is 0 Å². The highest BCUT2D eigenvalue weighted by Gasteiger charge is 2.13. The molecule has 0 bridgehead atoms. The molecule has 0 aliphatic rings. The Morgan fingerprint density at radius 1 is 1.06 bits per heavy atom. The summed E-state index contributed by atoms with van der Waals surface area (Å²) in [7, 11) is -1.88. The van der Waals surface area contributed by atoms with Crippen molar-refractivity contribution in [2.24, 2.45) is 0 Å². The third-order valence-corrected chi connectivity index (χ3v) is 4.20. The van der Waals surface area contributed by atoms with Crippen LogP contribution in [0.4, 0.5) is 0 Å². The largest absolute Gasteiger partial charge is 0.364 e. The summed E-state index contributed by atoms with van der Waals surface area (Å²) in [4.78, 5) is 28.8. The van der Waals surface area contributed by atoms with Crippen LogP contribution in [0.3, 0.4) is 0 Å². The molecule has 0 saturated heterocycles. The molecule has 4 nitrogen and oxygen atoms in total. The molecule has 0 atom stereocenters. The van der Waals surface area contributed by atoms with Gasteiger partial charge in [-0.15, -0.1) is 13.2 Å². The van der Waals surface area contributed by atoms with Gasteiger partial charge in [0.2, 0.25) is 11.8 Å². The molecule has 0 aromatic heterocycles. The Kier molecular flexibility index (Phi) is 9.58. The maximum atomic E-state index is 11.6. The minimum absolute atomic E-state index is 0.0475. The van der Waals surface area contributed by atoms with Gasteiger partial charge < -0.3 is 9.96 Å². The number of nitrogens with one attached hydrogen (secondary N) is 2. The maximum absolute atomic E-state index is 11.6. The first-order valence-electron chi connectivity index (χ1n) is 6.07. The van der Waals surface area contributed by atoms with E-state index >= 15 is 0 Å². The fraction of sp³-hybridized carbons (Fsp3) is 0.385. The van der Waals surface area contributed by atoms with Crippen LogP contribution in [-0.2, 0) is 9.59 Å². The summed E-state index contributed by atoms with van der Waals surface area (Å²) in [6, 6.07) is 0. The van der Waals surface area contributed by atoms with Gasteiger partial charge in [-0.05, 0) is 19.8 Å². The third-order valence-electron chi connectivity index (χ3n) is 2.17. The second-order valence-corrected chi connectivity index (χ2v) is 5.71. The van der Waals surface area contributed by atoms with Gasteiger partial charge in [0.05, 0.1) is 0 Å². The standard InChI is InChI=1S/C13H22N2O2Si/c1-4-7-9-12(16)14-18(11-6-3)15-13(17)10-8-5-2/h4-6,11,18H,1-2,7-10H2,3H3,(H,14,16)(H,15,17). The van der Waals surface area contributed by atoms with Crippen LogP contribution in [0.1, 0.15) is 32.6 Å². The number of carbonyl (C=O) groups excluding carboxylic acids is 2. The second kappa shape index (κ2) is 10.5. The predicted octanol–water partition coefficient (Wildman–Crippen LogP) is 1.49. The molecule has 5 heteroatoms. The first-order chi connectivity index (χ1) is 8.63. The van der Waals surface area contributed by atoms with Crippen LogP contribution >= 0.6 is 0 Å². The van der Waals surface area contributed by atoms with E-state index in [-0.39, 0.29) is 11.8 Å². The van der Waals surface area contributed by atoms with Gasteiger partial charge in [-0.3, -0.25) is 9.59 Å². The molecule has 2 N–H and O–H groups in total. The first-order valence-corrected chi connectivity index (χ1v) is 7.89. The normalized spacial score (nSPS) is 10.3. The lowest BCUT2D eigenvalue weighted by atomic mass is 10.3. The molecule has 0 aliphatic heterocycles. The fourth-order valence-electron chi connectivity index (χ4n) is 1.28. The van der Waals surface area contributed by atoms with Crippen molar-refractivity contribution in [3.63, 3.8) is 0 Å². The first kappa shape index (κ1) is 16.4. The molecule has 100 valence electrons. The molecule has 0 fully saturated rings. The van der Waals surface area contributed by atoms with Crippen LogP contribution in [-0.4, -0.2) is 20.9 Å². The third kappa shape index (κ3) is 8.52. The van der Waals surface area contributed by atoms with Gasteiger partial charge in [-0.1, -0.05) is 23.9 Å². The van der Waals surface area contributed by atoms with Crippen molar-refractivity contribution in [3.8, 4) is 0 Å². The van der Waals surface area contributed by atoms with E-state index in [1.807, 2.05) is 18.7 Å². The molecular formula is C13H22N2O2Si. The lowest BCUT2D eigenvalue weighted by molar-refractivity contribution is -0.119. The van der Waals surface area contributed by atoms with E-state index in [1.165, 1.54) is 0 Å². The van der Waals surface area contributed by atoms with Crippen molar-refractivity contribution in [3.05, 3.63) is 37.1 Å². The number of hydrogen-bond donors (Lipinski definition) is 2. The average Bonchev–Trinajstić information content (AvgIpc) is 2.34. The van der Waals surface area contributed by atoms with Gasteiger partial charge in [-0.25, -0.2) is 0 Å². The summed E-state index contributed by atoms with van der Waals surface area (Å²) in [6.07, 6.45) is 7.36. The molecule has 0 radical (unpaired) electrons. The van der Waals surface area contributed by atoms with Crippen molar-refractivity contribution in [1.29, 1.82) is 0 Å². The topological polar surface area (TPSA) is 58.2 Å². The molecule has 0 unspecified atom stereocenters. The Bertz CT molecular complexity index is 301. The highest BCUT2D eigenvalue weighted by molar-refractivity contribution is 6.64. The Balaban J connectivity index is 4.20. The van der Waals surface area contributed by atoms with Crippen molar-refractivity contribution < 1.29 is 9.59 Å². The second-order valence-electron chi connectivity index (χ2n) is 3.79. The number of rotatable bonds is 9. The lowest BCUT2D eigenvalue weighted by Gasteiger charge is -2.14. The summed E-state index contributed by atoms with van der Waals surface area (Å²) in [6.45, 7) is 9.00. The van der Waals surface area contributed by atoms with Gasteiger partial charge in [0.25, 0.3) is 9.12 Å². The summed E-state index contributed by atoms with van der Waals surface area (Å²) in [5.41, 5.74) is 1.87. The summed E-state index contributed by atoms with van der Waals surface area (Å²) < 4.78 is 0. The number of hydrogen-bond acceptors (Lipinski definition) is 2. The summed E-state index contributed by atoms with van der Waals surface area (Å²) in [5.74, 6) is -0.0950. The minimum atomic E-state index is -1.88. The van der Waals surface area contributed by atoms with Gasteiger partial charge in [0.1, 0.15) is 0 Å². The van der Waals surface area contributed by atoms with E-state index < -0.39 is 9.12 Å². The molecule has 0 aromatic carbocycles. The smallest absolute Gasteiger partial charge is 0.272 e. The number of allylic oxidation sites excluding steroid dienone is 3. The fourth-order valence-corrected chi connectivity index (χ4v) is 2.91. The van der Waals surface area contributed by atoms with Crippen LogP contribution in [0.15, 0.2) is 37.1 Å². The van der Waals surface area contributed by atoms with E-state index in [1.54, 1.807) is 12.2 Å². The van der Waals surface area contributed by atoms with Crippen molar-refractivity contribution in [2.45, 2.75) is 32.6 Å². The minimum Gasteiger partial charge on any atom is -0.364 e. The molecule has 18 heavy (non-hydrogen) atoms. The van der Waals surface area contributed by atoms with Crippen molar-refractivity contribution in [1.82, 2.24) is 9.96 Å². The van der Waals surface area contributed by atoms with Crippen LogP contribution in [0, 0.1) is 0 Å². The van der Waals surface area contributed by atoms with E-state index in [0.29, 0.717) is 25.7 Å². The Labute approximate surface area is 111 Å². The highest BCUT2D eigenvalue weighted by atomic mass is 28.3. The molecule has 0 heterocycles. The van der Waals surface area contributed by atoms with Crippen LogP contribution in [0.25, 0.3) is 0 Å². The molecule has 0 rings (SSSR count). The van der Waals surface area contributed by atoms with Gasteiger partial charge in [0, 0.05) is 12.8 Å². The molecule has 0 saturated carbocycles. The summed E-state index contributed by atoms with van der Waals surface area (Å²) >= 11 is 0. The molecule has 0 aliphatic carbocycles. The van der Waals surface area contributed by atoms with Crippen molar-refractivity contribution in [2.75, 3.05) is 0 Å². The quantitative estimate of drug-likeness (QED) is 0.491. The van der Waals surface area contributed by atoms with Crippen LogP contribution in [0.2, 0.25) is 0 Å². The zero-order valence-electron chi connectivity index (χ0n) is 10.9. The van der Waals surface area contributed by atoms with Crippen LogP contribution in [0.5, 0.6) is 0 Å². The Morgan fingerprint density at radius 3 is 1.83 bits per heavy atom. The number of amides is 2. The van der Waals surface area contributed by atoms with E-state index in [2.05, 4.69) is 23.1 Å². The van der Waals surface area contributed by atoms with E-state index in [4.69, 9.17) is 0 Å². The van der Waals surface area contributed by atoms with Crippen molar-refractivity contribution >= 4 is 20.9 Å². The van der Waals surface area contributed by atoms with Gasteiger partial charge in [0.15, 0.2) is 0 Å². The highest BCUT2D eigenvalue weighted by Crippen LogP contribution is 1.92. The lowest BCUT2D eigenvalue weighted by Crippen LogP contribution is -2.51. The zero-order chi connectivity index (χ0) is 13.8. The molecule has 2 amide bonds. The Morgan fingerprint density at radius 2 is 1.50 bits per heavy atom. The molecule has 0 aromatic rings. The van der Waals surface area contributed by atoms with E-state index in [9.17, 15) is 9.59 Å².